The molecular weight excluding hydrogens is 214 g/mol. The standard InChI is InChI=1S/C14H21NO2/c1-11(15-16)12-7-5-6-8-13(12)17-10-9-14(2,3)4/h5-8,16H,9-10H2,1-4H3/b15-11-. The van der Waals surface area contributed by atoms with E-state index in [-0.39, 0.29) is 5.41 Å². The molecule has 1 aromatic carbocycles. The maximum Gasteiger partial charge on any atom is 0.128 e. The third kappa shape index (κ3) is 4.47. The van der Waals surface area contributed by atoms with Crippen molar-refractivity contribution in [3.8, 4) is 5.75 Å². The number of hydrogen-bond acceptors (Lipinski definition) is 3. The second-order valence-corrected chi connectivity index (χ2v) is 5.34. The fourth-order valence-electron chi connectivity index (χ4n) is 1.41. The van der Waals surface area contributed by atoms with Crippen LogP contribution in [-0.4, -0.2) is 17.5 Å². The van der Waals surface area contributed by atoms with Gasteiger partial charge in [0, 0.05) is 5.56 Å². The van der Waals surface area contributed by atoms with Gasteiger partial charge in [0.1, 0.15) is 5.75 Å². The van der Waals surface area contributed by atoms with Crippen LogP contribution in [-0.2, 0) is 0 Å². The lowest BCUT2D eigenvalue weighted by Crippen LogP contribution is -2.12. The first-order valence-corrected chi connectivity index (χ1v) is 5.85. The van der Waals surface area contributed by atoms with E-state index in [1.165, 1.54) is 0 Å². The number of benzene rings is 1. The number of oxime groups is 1. The molecule has 1 aromatic rings. The van der Waals surface area contributed by atoms with E-state index in [1.54, 1.807) is 6.92 Å². The Morgan fingerprint density at radius 1 is 1.29 bits per heavy atom. The Kier molecular flexibility index (Phi) is 4.55. The molecule has 0 radical (unpaired) electrons. The summed E-state index contributed by atoms with van der Waals surface area (Å²) in [6.07, 6.45) is 0.983. The first kappa shape index (κ1) is 13.6. The van der Waals surface area contributed by atoms with E-state index in [0.717, 1.165) is 17.7 Å². The van der Waals surface area contributed by atoms with Crippen LogP contribution in [0.4, 0.5) is 0 Å². The Morgan fingerprint density at radius 3 is 2.53 bits per heavy atom. The molecule has 1 rings (SSSR count). The van der Waals surface area contributed by atoms with Gasteiger partial charge in [-0.3, -0.25) is 0 Å². The molecule has 0 aromatic heterocycles. The Labute approximate surface area is 103 Å². The predicted molar refractivity (Wildman–Crippen MR) is 70.0 cm³/mol. The van der Waals surface area contributed by atoms with Crippen LogP contribution in [0, 0.1) is 5.41 Å². The largest absolute Gasteiger partial charge is 0.493 e. The van der Waals surface area contributed by atoms with E-state index in [0.29, 0.717) is 12.3 Å². The summed E-state index contributed by atoms with van der Waals surface area (Å²) in [6.45, 7) is 8.97. The maximum absolute atomic E-state index is 8.80. The van der Waals surface area contributed by atoms with E-state index >= 15 is 0 Å². The molecule has 0 fully saturated rings. The van der Waals surface area contributed by atoms with Crippen molar-refractivity contribution < 1.29 is 9.94 Å². The van der Waals surface area contributed by atoms with Crippen LogP contribution in [0.5, 0.6) is 5.75 Å². The zero-order valence-electron chi connectivity index (χ0n) is 11.0. The van der Waals surface area contributed by atoms with Crippen molar-refractivity contribution in [2.24, 2.45) is 10.6 Å². The van der Waals surface area contributed by atoms with Crippen LogP contribution in [0.3, 0.4) is 0 Å². The number of rotatable bonds is 4. The van der Waals surface area contributed by atoms with Gasteiger partial charge in [-0.1, -0.05) is 38.1 Å². The van der Waals surface area contributed by atoms with Gasteiger partial charge in [-0.25, -0.2) is 0 Å². The second kappa shape index (κ2) is 5.71. The minimum atomic E-state index is 0.259. The average Bonchev–Trinajstić information content (AvgIpc) is 2.27. The highest BCUT2D eigenvalue weighted by Gasteiger charge is 2.11. The van der Waals surface area contributed by atoms with E-state index in [1.807, 2.05) is 24.3 Å². The summed E-state index contributed by atoms with van der Waals surface area (Å²) in [6, 6.07) is 7.61. The zero-order chi connectivity index (χ0) is 12.9. The van der Waals surface area contributed by atoms with Gasteiger partial charge >= 0.3 is 0 Å². The third-order valence-corrected chi connectivity index (χ3v) is 2.54. The van der Waals surface area contributed by atoms with Crippen molar-refractivity contribution in [1.82, 2.24) is 0 Å². The topological polar surface area (TPSA) is 41.8 Å². The molecule has 0 heterocycles. The molecule has 94 valence electrons. The quantitative estimate of drug-likeness (QED) is 0.491. The van der Waals surface area contributed by atoms with Crippen LogP contribution in [0.1, 0.15) is 39.7 Å². The minimum Gasteiger partial charge on any atom is -0.493 e. The lowest BCUT2D eigenvalue weighted by atomic mass is 9.93. The number of para-hydroxylation sites is 1. The molecule has 17 heavy (non-hydrogen) atoms. The summed E-state index contributed by atoms with van der Waals surface area (Å²) in [7, 11) is 0. The zero-order valence-corrected chi connectivity index (χ0v) is 11.0. The molecule has 1 N–H and O–H groups in total. The van der Waals surface area contributed by atoms with Crippen molar-refractivity contribution in [3.63, 3.8) is 0 Å². The molecule has 0 aliphatic rings. The molecule has 0 saturated carbocycles. The SMILES string of the molecule is C/C(=N/O)c1ccccc1OCCC(C)(C)C. The van der Waals surface area contributed by atoms with E-state index in [2.05, 4.69) is 25.9 Å². The predicted octanol–water partition coefficient (Wildman–Crippen LogP) is 3.70. The number of ether oxygens (including phenoxy) is 1. The van der Waals surface area contributed by atoms with Gasteiger partial charge in [-0.2, -0.15) is 0 Å². The number of hydrogen-bond donors (Lipinski definition) is 1. The smallest absolute Gasteiger partial charge is 0.128 e. The van der Waals surface area contributed by atoms with E-state index in [9.17, 15) is 0 Å². The monoisotopic (exact) mass is 235 g/mol. The van der Waals surface area contributed by atoms with Crippen LogP contribution in [0.15, 0.2) is 29.4 Å². The second-order valence-electron chi connectivity index (χ2n) is 5.34. The van der Waals surface area contributed by atoms with Gasteiger partial charge in [0.2, 0.25) is 0 Å². The van der Waals surface area contributed by atoms with Crippen molar-refractivity contribution in [3.05, 3.63) is 29.8 Å². The first-order chi connectivity index (χ1) is 7.94. The Balaban J connectivity index is 2.71. The lowest BCUT2D eigenvalue weighted by Gasteiger charge is -2.19. The highest BCUT2D eigenvalue weighted by atomic mass is 16.5. The van der Waals surface area contributed by atoms with Gasteiger partial charge < -0.3 is 9.94 Å². The fraction of sp³-hybridized carbons (Fsp3) is 0.500. The summed E-state index contributed by atoms with van der Waals surface area (Å²) in [5.41, 5.74) is 1.66. The fourth-order valence-corrected chi connectivity index (χ4v) is 1.41. The van der Waals surface area contributed by atoms with Crippen LogP contribution in [0.25, 0.3) is 0 Å². The number of nitrogens with zero attached hydrogens (tertiary/aromatic N) is 1. The average molecular weight is 235 g/mol. The van der Waals surface area contributed by atoms with E-state index < -0.39 is 0 Å². The molecule has 0 amide bonds. The van der Waals surface area contributed by atoms with Gasteiger partial charge in [-0.05, 0) is 30.9 Å². The van der Waals surface area contributed by atoms with Gasteiger partial charge in [0.05, 0.1) is 12.3 Å². The van der Waals surface area contributed by atoms with Crippen molar-refractivity contribution in [2.45, 2.75) is 34.1 Å². The highest BCUT2D eigenvalue weighted by Crippen LogP contribution is 2.22. The molecule has 0 bridgehead atoms. The maximum atomic E-state index is 8.80. The Hall–Kier alpha value is -1.51. The Bertz CT molecular complexity index is 391. The minimum absolute atomic E-state index is 0.259. The molecular formula is C14H21NO2. The van der Waals surface area contributed by atoms with Crippen molar-refractivity contribution in [2.75, 3.05) is 6.61 Å². The summed E-state index contributed by atoms with van der Waals surface area (Å²) >= 11 is 0. The molecule has 0 spiro atoms. The van der Waals surface area contributed by atoms with Crippen LogP contribution < -0.4 is 4.74 Å². The summed E-state index contributed by atoms with van der Waals surface area (Å²) < 4.78 is 5.74. The highest BCUT2D eigenvalue weighted by molar-refractivity contribution is 6.00. The van der Waals surface area contributed by atoms with E-state index in [4.69, 9.17) is 9.94 Å². The molecule has 3 heteroatoms. The third-order valence-electron chi connectivity index (χ3n) is 2.54. The molecule has 0 atom stereocenters. The normalized spacial score (nSPS) is 12.6. The molecule has 0 aliphatic heterocycles. The van der Waals surface area contributed by atoms with Gasteiger partial charge in [-0.15, -0.1) is 0 Å². The van der Waals surface area contributed by atoms with Crippen LogP contribution in [0.2, 0.25) is 0 Å². The molecule has 0 saturated heterocycles. The van der Waals surface area contributed by atoms with Crippen LogP contribution >= 0.6 is 0 Å². The van der Waals surface area contributed by atoms with Gasteiger partial charge in [0.25, 0.3) is 0 Å². The summed E-state index contributed by atoms with van der Waals surface area (Å²) in [5.74, 6) is 0.770. The van der Waals surface area contributed by atoms with Crippen molar-refractivity contribution in [1.29, 1.82) is 0 Å². The molecule has 0 unspecified atom stereocenters. The summed E-state index contributed by atoms with van der Waals surface area (Å²) in [5, 5.41) is 12.0. The first-order valence-electron chi connectivity index (χ1n) is 5.85. The lowest BCUT2D eigenvalue weighted by molar-refractivity contribution is 0.242. The van der Waals surface area contributed by atoms with Crippen molar-refractivity contribution >= 4 is 5.71 Å². The molecule has 0 aliphatic carbocycles. The van der Waals surface area contributed by atoms with Gasteiger partial charge in [0.15, 0.2) is 0 Å². The Morgan fingerprint density at radius 2 is 1.94 bits per heavy atom. The summed E-state index contributed by atoms with van der Waals surface area (Å²) in [4.78, 5) is 0. The molecule has 3 nitrogen and oxygen atoms in total.